The van der Waals surface area contributed by atoms with Gasteiger partial charge in [0.25, 0.3) is 0 Å². The molecule has 2 N–H and O–H groups in total. The number of thiophene rings is 1. The lowest BCUT2D eigenvalue weighted by Gasteiger charge is -2.41. The van der Waals surface area contributed by atoms with Gasteiger partial charge < -0.3 is 10.6 Å². The van der Waals surface area contributed by atoms with Crippen LogP contribution in [0.15, 0.2) is 11.4 Å². The summed E-state index contributed by atoms with van der Waals surface area (Å²) in [5.41, 5.74) is 7.83. The highest BCUT2D eigenvalue weighted by Gasteiger charge is 2.30. The van der Waals surface area contributed by atoms with Crippen LogP contribution in [0.1, 0.15) is 36.8 Å². The van der Waals surface area contributed by atoms with E-state index >= 15 is 0 Å². The molecule has 1 aromatic rings. The maximum atomic E-state index is 6.43. The van der Waals surface area contributed by atoms with Crippen LogP contribution in [-0.2, 0) is 0 Å². The minimum atomic E-state index is 0.241. The molecule has 2 rings (SSSR count). The molecule has 1 aliphatic heterocycles. The zero-order chi connectivity index (χ0) is 13.8. The number of nitrogens with two attached hydrogens (primary N) is 1. The van der Waals surface area contributed by atoms with E-state index in [0.717, 1.165) is 26.1 Å². The van der Waals surface area contributed by atoms with Crippen molar-refractivity contribution in [2.75, 3.05) is 32.7 Å². The number of piperazine rings is 1. The summed E-state index contributed by atoms with van der Waals surface area (Å²) < 4.78 is 0. The lowest BCUT2D eigenvalue weighted by molar-refractivity contribution is 0.0878. The molecule has 0 aromatic carbocycles. The SMILES string of the molecule is CCC(N)C(c1sccc1C)N1CCN(CC)CC1. The van der Waals surface area contributed by atoms with Crippen LogP contribution >= 0.6 is 11.3 Å². The molecule has 2 atom stereocenters. The van der Waals surface area contributed by atoms with Gasteiger partial charge in [0.2, 0.25) is 0 Å². The topological polar surface area (TPSA) is 32.5 Å². The summed E-state index contributed by atoms with van der Waals surface area (Å²) >= 11 is 1.87. The van der Waals surface area contributed by atoms with Gasteiger partial charge in [-0.15, -0.1) is 11.3 Å². The van der Waals surface area contributed by atoms with Crippen LogP contribution in [0.5, 0.6) is 0 Å². The van der Waals surface area contributed by atoms with Gasteiger partial charge >= 0.3 is 0 Å². The maximum Gasteiger partial charge on any atom is 0.0596 e. The summed E-state index contributed by atoms with van der Waals surface area (Å²) in [6.45, 7) is 12.5. The summed E-state index contributed by atoms with van der Waals surface area (Å²) in [5.74, 6) is 0. The molecule has 0 saturated carbocycles. The van der Waals surface area contributed by atoms with E-state index in [-0.39, 0.29) is 6.04 Å². The predicted octanol–water partition coefficient (Wildman–Crippen LogP) is 2.47. The second kappa shape index (κ2) is 6.84. The number of hydrogen-bond acceptors (Lipinski definition) is 4. The van der Waals surface area contributed by atoms with Crippen molar-refractivity contribution in [3.8, 4) is 0 Å². The third-order valence-corrected chi connectivity index (χ3v) is 5.38. The molecule has 3 nitrogen and oxygen atoms in total. The predicted molar refractivity (Wildman–Crippen MR) is 83.8 cm³/mol. The Morgan fingerprint density at radius 3 is 2.42 bits per heavy atom. The molecule has 1 aliphatic rings. The molecule has 1 aromatic heterocycles. The van der Waals surface area contributed by atoms with Gasteiger partial charge in [0.15, 0.2) is 0 Å². The largest absolute Gasteiger partial charge is 0.326 e. The van der Waals surface area contributed by atoms with Crippen molar-refractivity contribution in [1.82, 2.24) is 9.80 Å². The van der Waals surface area contributed by atoms with E-state index in [9.17, 15) is 0 Å². The van der Waals surface area contributed by atoms with Crippen LogP contribution in [0.3, 0.4) is 0 Å². The Bertz CT molecular complexity index is 382. The number of rotatable bonds is 5. The first-order valence-corrected chi connectivity index (χ1v) is 8.31. The Hall–Kier alpha value is -0.420. The first-order chi connectivity index (χ1) is 9.17. The van der Waals surface area contributed by atoms with Crippen LogP contribution < -0.4 is 5.73 Å². The normalized spacial score (nSPS) is 21.5. The quantitative estimate of drug-likeness (QED) is 0.900. The highest BCUT2D eigenvalue weighted by molar-refractivity contribution is 7.10. The van der Waals surface area contributed by atoms with Crippen molar-refractivity contribution in [3.63, 3.8) is 0 Å². The number of nitrogens with zero attached hydrogens (tertiary/aromatic N) is 2. The Balaban J connectivity index is 2.13. The van der Waals surface area contributed by atoms with Gasteiger partial charge in [0, 0.05) is 37.1 Å². The molecule has 108 valence electrons. The van der Waals surface area contributed by atoms with E-state index in [1.54, 1.807) is 0 Å². The molecule has 2 heterocycles. The number of aryl methyl sites for hydroxylation is 1. The number of likely N-dealkylation sites (N-methyl/N-ethyl adjacent to an activating group) is 1. The third-order valence-electron chi connectivity index (χ3n) is 4.29. The number of hydrogen-bond donors (Lipinski definition) is 1. The molecule has 19 heavy (non-hydrogen) atoms. The molecule has 4 heteroatoms. The summed E-state index contributed by atoms with van der Waals surface area (Å²) in [5, 5.41) is 2.20. The summed E-state index contributed by atoms with van der Waals surface area (Å²) in [6, 6.07) is 2.87. The zero-order valence-corrected chi connectivity index (χ0v) is 13.2. The smallest absolute Gasteiger partial charge is 0.0596 e. The van der Waals surface area contributed by atoms with Gasteiger partial charge in [0.1, 0.15) is 0 Å². The van der Waals surface area contributed by atoms with Crippen molar-refractivity contribution in [2.45, 2.75) is 39.3 Å². The monoisotopic (exact) mass is 281 g/mol. The van der Waals surface area contributed by atoms with Gasteiger partial charge in [-0.25, -0.2) is 0 Å². The van der Waals surface area contributed by atoms with E-state index in [0.29, 0.717) is 6.04 Å². The van der Waals surface area contributed by atoms with Crippen molar-refractivity contribution >= 4 is 11.3 Å². The molecule has 1 fully saturated rings. The lowest BCUT2D eigenvalue weighted by atomic mass is 10.00. The molecule has 2 unspecified atom stereocenters. The highest BCUT2D eigenvalue weighted by Crippen LogP contribution is 2.32. The molecule has 0 spiro atoms. The van der Waals surface area contributed by atoms with E-state index in [1.165, 1.54) is 23.5 Å². The first-order valence-electron chi connectivity index (χ1n) is 7.43. The van der Waals surface area contributed by atoms with E-state index in [1.807, 2.05) is 11.3 Å². The minimum absolute atomic E-state index is 0.241. The fourth-order valence-electron chi connectivity index (χ4n) is 2.90. The third kappa shape index (κ3) is 3.37. The first kappa shape index (κ1) is 15.0. The molecular weight excluding hydrogens is 254 g/mol. The van der Waals surface area contributed by atoms with E-state index in [4.69, 9.17) is 5.73 Å². The molecule has 0 amide bonds. The fraction of sp³-hybridized carbons (Fsp3) is 0.733. The maximum absolute atomic E-state index is 6.43. The lowest BCUT2D eigenvalue weighted by Crippen LogP contribution is -2.51. The van der Waals surface area contributed by atoms with Crippen LogP contribution in [-0.4, -0.2) is 48.6 Å². The molecule has 0 radical (unpaired) electrons. The van der Waals surface area contributed by atoms with Crippen LogP contribution in [0, 0.1) is 6.92 Å². The molecule has 0 bridgehead atoms. The van der Waals surface area contributed by atoms with Gasteiger partial charge in [-0.3, -0.25) is 4.90 Å². The minimum Gasteiger partial charge on any atom is -0.326 e. The second-order valence-corrected chi connectivity index (χ2v) is 6.40. The van der Waals surface area contributed by atoms with Crippen LogP contribution in [0.25, 0.3) is 0 Å². The van der Waals surface area contributed by atoms with Gasteiger partial charge in [-0.2, -0.15) is 0 Å². The van der Waals surface area contributed by atoms with Gasteiger partial charge in [-0.1, -0.05) is 13.8 Å². The standard InChI is InChI=1S/C15H27N3S/c1-4-13(16)14(15-12(3)6-11-19-15)18-9-7-17(5-2)8-10-18/h6,11,13-14H,4-5,7-10,16H2,1-3H3. The van der Waals surface area contributed by atoms with Gasteiger partial charge in [0.05, 0.1) is 6.04 Å². The Labute approximate surface area is 121 Å². The van der Waals surface area contributed by atoms with E-state index in [2.05, 4.69) is 42.0 Å². The zero-order valence-electron chi connectivity index (χ0n) is 12.4. The highest BCUT2D eigenvalue weighted by atomic mass is 32.1. The molecule has 1 saturated heterocycles. The molecule has 0 aliphatic carbocycles. The van der Waals surface area contributed by atoms with Gasteiger partial charge in [-0.05, 0) is 36.9 Å². The summed E-state index contributed by atoms with van der Waals surface area (Å²) in [7, 11) is 0. The van der Waals surface area contributed by atoms with Crippen molar-refractivity contribution in [3.05, 3.63) is 21.9 Å². The van der Waals surface area contributed by atoms with Crippen LogP contribution in [0.4, 0.5) is 0 Å². The van der Waals surface area contributed by atoms with Crippen molar-refractivity contribution < 1.29 is 0 Å². The average Bonchev–Trinajstić information content (AvgIpc) is 2.86. The Morgan fingerprint density at radius 2 is 1.95 bits per heavy atom. The average molecular weight is 281 g/mol. The second-order valence-electron chi connectivity index (χ2n) is 5.46. The molecular formula is C15H27N3S. The summed E-state index contributed by atoms with van der Waals surface area (Å²) in [4.78, 5) is 6.59. The summed E-state index contributed by atoms with van der Waals surface area (Å²) in [6.07, 6.45) is 1.04. The van der Waals surface area contributed by atoms with Crippen molar-refractivity contribution in [1.29, 1.82) is 0 Å². The van der Waals surface area contributed by atoms with E-state index < -0.39 is 0 Å². The van der Waals surface area contributed by atoms with Crippen molar-refractivity contribution in [2.24, 2.45) is 5.73 Å². The Morgan fingerprint density at radius 1 is 1.26 bits per heavy atom. The van der Waals surface area contributed by atoms with Crippen LogP contribution in [0.2, 0.25) is 0 Å². The Kier molecular flexibility index (Phi) is 5.39. The fourth-order valence-corrected chi connectivity index (χ4v) is 4.04.